The van der Waals surface area contributed by atoms with Crippen LogP contribution in [0.15, 0.2) is 0 Å². The van der Waals surface area contributed by atoms with E-state index in [4.69, 9.17) is 18.5 Å². The lowest BCUT2D eigenvalue weighted by atomic mass is 10.0. The monoisotopic (exact) mass is 987 g/mol. The molecule has 2 atom stereocenters. The number of phosphoric ester groups is 1. The van der Waals surface area contributed by atoms with Crippen molar-refractivity contribution < 1.29 is 42.1 Å². The van der Waals surface area contributed by atoms with E-state index >= 15 is 0 Å². The molecule has 0 spiro atoms. The van der Waals surface area contributed by atoms with Crippen molar-refractivity contribution in [1.29, 1.82) is 0 Å². The summed E-state index contributed by atoms with van der Waals surface area (Å²) >= 11 is 0. The number of likely N-dealkylation sites (N-methyl/N-ethyl adjacent to an activating group) is 1. The third kappa shape index (κ3) is 54.3. The van der Waals surface area contributed by atoms with Crippen LogP contribution in [0.25, 0.3) is 0 Å². The minimum absolute atomic E-state index is 0.0365. The van der Waals surface area contributed by atoms with Crippen molar-refractivity contribution in [3.05, 3.63) is 0 Å². The molecule has 0 amide bonds. The van der Waals surface area contributed by atoms with Gasteiger partial charge in [0.25, 0.3) is 0 Å². The standard InChI is InChI=1S/C58H116NO8P/c1-6-8-10-12-14-15-16-17-18-19-20-21-22-23-24-25-26-27-28-29-30-31-32-33-34-35-36-37-38-39-40-41-42-43-44-45-47-49-51-58(61)67-56(54-64-57(60)50-48-46-13-11-9-7-2)55-66-68(62,63)65-53-52-59(3,4)5/h56H,6-55H2,1-5H3/p+1. The summed E-state index contributed by atoms with van der Waals surface area (Å²) in [6, 6.07) is 0. The predicted molar refractivity (Wildman–Crippen MR) is 289 cm³/mol. The molecule has 0 bridgehead atoms. The fourth-order valence-corrected chi connectivity index (χ4v) is 9.76. The van der Waals surface area contributed by atoms with Crippen LogP contribution in [0.2, 0.25) is 0 Å². The van der Waals surface area contributed by atoms with E-state index in [0.29, 0.717) is 17.4 Å². The number of quaternary nitrogens is 1. The second-order valence-corrected chi connectivity index (χ2v) is 23.2. The van der Waals surface area contributed by atoms with Crippen LogP contribution in [0.5, 0.6) is 0 Å². The molecule has 0 aliphatic heterocycles. The van der Waals surface area contributed by atoms with Crippen LogP contribution < -0.4 is 0 Å². The number of phosphoric acid groups is 1. The van der Waals surface area contributed by atoms with E-state index < -0.39 is 26.5 Å². The third-order valence-electron chi connectivity index (χ3n) is 13.6. The molecule has 0 heterocycles. The van der Waals surface area contributed by atoms with Crippen molar-refractivity contribution in [2.24, 2.45) is 0 Å². The summed E-state index contributed by atoms with van der Waals surface area (Å²) < 4.78 is 34.3. The molecular weight excluding hydrogens is 870 g/mol. The van der Waals surface area contributed by atoms with E-state index in [1.54, 1.807) is 0 Å². The Kier molecular flexibility index (Phi) is 50.2. The summed E-state index contributed by atoms with van der Waals surface area (Å²) in [5.74, 6) is -0.791. The number of nitrogens with zero attached hydrogens (tertiary/aromatic N) is 1. The summed E-state index contributed by atoms with van der Waals surface area (Å²) in [4.78, 5) is 35.2. The summed E-state index contributed by atoms with van der Waals surface area (Å²) in [6.07, 6.45) is 58.4. The molecule has 0 saturated heterocycles. The Hall–Kier alpha value is -0.990. The highest BCUT2D eigenvalue weighted by Gasteiger charge is 2.27. The maximum absolute atomic E-state index is 12.7. The second kappa shape index (κ2) is 50.9. The highest BCUT2D eigenvalue weighted by atomic mass is 31.2. The number of rotatable bonds is 56. The average Bonchev–Trinajstić information content (AvgIpc) is 3.30. The molecule has 0 rings (SSSR count). The van der Waals surface area contributed by atoms with Crippen molar-refractivity contribution in [3.8, 4) is 0 Å². The first-order chi connectivity index (χ1) is 33.0. The zero-order valence-electron chi connectivity index (χ0n) is 46.1. The van der Waals surface area contributed by atoms with Gasteiger partial charge in [-0.15, -0.1) is 0 Å². The molecule has 0 aromatic heterocycles. The first-order valence-corrected chi connectivity index (χ1v) is 31.3. The average molecular weight is 988 g/mol. The van der Waals surface area contributed by atoms with Gasteiger partial charge < -0.3 is 18.9 Å². The molecule has 9 nitrogen and oxygen atoms in total. The van der Waals surface area contributed by atoms with E-state index in [1.807, 2.05) is 21.1 Å². The number of unbranched alkanes of at least 4 members (excludes halogenated alkanes) is 42. The van der Waals surface area contributed by atoms with Crippen molar-refractivity contribution >= 4 is 19.8 Å². The first-order valence-electron chi connectivity index (χ1n) is 29.8. The zero-order chi connectivity index (χ0) is 49.9. The molecule has 0 saturated carbocycles. The third-order valence-corrected chi connectivity index (χ3v) is 14.6. The van der Waals surface area contributed by atoms with Gasteiger partial charge in [-0.3, -0.25) is 18.6 Å². The van der Waals surface area contributed by atoms with Gasteiger partial charge in [-0.1, -0.05) is 284 Å². The number of carbonyl (C=O) groups excluding carboxylic acids is 2. The van der Waals surface area contributed by atoms with E-state index in [-0.39, 0.29) is 25.6 Å². The molecule has 0 radical (unpaired) electrons. The minimum Gasteiger partial charge on any atom is -0.462 e. The molecule has 68 heavy (non-hydrogen) atoms. The molecule has 2 unspecified atom stereocenters. The van der Waals surface area contributed by atoms with Gasteiger partial charge >= 0.3 is 19.8 Å². The fraction of sp³-hybridized carbons (Fsp3) is 0.966. The molecular formula is C58H117NO8P+. The Balaban J connectivity index is 3.70. The molecule has 0 aromatic rings. The van der Waals surface area contributed by atoms with E-state index in [9.17, 15) is 19.0 Å². The summed E-state index contributed by atoms with van der Waals surface area (Å²) in [7, 11) is 1.50. The van der Waals surface area contributed by atoms with Crippen molar-refractivity contribution in [3.63, 3.8) is 0 Å². The van der Waals surface area contributed by atoms with Gasteiger partial charge in [-0.2, -0.15) is 0 Å². The van der Waals surface area contributed by atoms with Crippen LogP contribution in [-0.2, 0) is 32.7 Å². The van der Waals surface area contributed by atoms with Crippen LogP contribution in [0.4, 0.5) is 0 Å². The van der Waals surface area contributed by atoms with Gasteiger partial charge in [0.2, 0.25) is 0 Å². The lowest BCUT2D eigenvalue weighted by Crippen LogP contribution is -2.37. The first kappa shape index (κ1) is 67.0. The molecule has 406 valence electrons. The quantitative estimate of drug-likeness (QED) is 0.0278. The largest absolute Gasteiger partial charge is 0.472 e. The van der Waals surface area contributed by atoms with Gasteiger partial charge in [0.1, 0.15) is 19.8 Å². The van der Waals surface area contributed by atoms with Gasteiger partial charge in [-0.25, -0.2) is 4.57 Å². The summed E-state index contributed by atoms with van der Waals surface area (Å²) in [5.41, 5.74) is 0. The predicted octanol–water partition coefficient (Wildman–Crippen LogP) is 18.3. The van der Waals surface area contributed by atoms with Crippen molar-refractivity contribution in [2.75, 3.05) is 47.5 Å². The molecule has 0 aliphatic rings. The maximum Gasteiger partial charge on any atom is 0.472 e. The number of hydrogen-bond acceptors (Lipinski definition) is 7. The Labute approximate surface area is 423 Å². The zero-order valence-corrected chi connectivity index (χ0v) is 47.0. The number of esters is 2. The number of hydrogen-bond donors (Lipinski definition) is 1. The smallest absolute Gasteiger partial charge is 0.462 e. The van der Waals surface area contributed by atoms with Crippen LogP contribution in [0, 0.1) is 0 Å². The Bertz CT molecular complexity index is 1120. The van der Waals surface area contributed by atoms with Crippen LogP contribution >= 0.6 is 7.82 Å². The van der Waals surface area contributed by atoms with Crippen LogP contribution in [-0.4, -0.2) is 74.9 Å². The van der Waals surface area contributed by atoms with Gasteiger partial charge in [0.15, 0.2) is 6.10 Å². The normalized spacial score (nSPS) is 13.2. The maximum atomic E-state index is 12.7. The molecule has 0 fully saturated rings. The Morgan fingerprint density at radius 2 is 0.662 bits per heavy atom. The summed E-state index contributed by atoms with van der Waals surface area (Å²) in [6.45, 7) is 4.41. The summed E-state index contributed by atoms with van der Waals surface area (Å²) in [5, 5.41) is 0. The molecule has 1 N–H and O–H groups in total. The SMILES string of the molecule is CCCCCCCCCCCCCCCCCCCCCCCCCCCCCCCCCCCCCCCCC(=O)OC(COC(=O)CCCCCCCC)COP(=O)(O)OCC[N+](C)(C)C. The topological polar surface area (TPSA) is 108 Å². The highest BCUT2D eigenvalue weighted by Crippen LogP contribution is 2.43. The van der Waals surface area contributed by atoms with Gasteiger partial charge in [0.05, 0.1) is 27.7 Å². The Morgan fingerprint density at radius 1 is 0.397 bits per heavy atom. The number of ether oxygens (including phenoxy) is 2. The fourth-order valence-electron chi connectivity index (χ4n) is 9.02. The number of carbonyl (C=O) groups is 2. The molecule has 10 heteroatoms. The lowest BCUT2D eigenvalue weighted by Gasteiger charge is -2.24. The minimum atomic E-state index is -4.36. The van der Waals surface area contributed by atoms with Gasteiger partial charge in [-0.05, 0) is 12.8 Å². The Morgan fingerprint density at radius 3 is 0.941 bits per heavy atom. The van der Waals surface area contributed by atoms with Crippen LogP contribution in [0.3, 0.4) is 0 Å². The van der Waals surface area contributed by atoms with Crippen LogP contribution in [0.1, 0.15) is 309 Å². The second-order valence-electron chi connectivity index (χ2n) is 21.8. The van der Waals surface area contributed by atoms with Gasteiger partial charge in [0, 0.05) is 12.8 Å². The van der Waals surface area contributed by atoms with E-state index in [2.05, 4.69) is 13.8 Å². The van der Waals surface area contributed by atoms with Crippen molar-refractivity contribution in [1.82, 2.24) is 0 Å². The van der Waals surface area contributed by atoms with E-state index in [0.717, 1.165) is 38.5 Å². The van der Waals surface area contributed by atoms with E-state index in [1.165, 1.54) is 244 Å². The highest BCUT2D eigenvalue weighted by molar-refractivity contribution is 7.47. The molecule has 0 aliphatic carbocycles. The molecule has 0 aromatic carbocycles. The van der Waals surface area contributed by atoms with Crippen molar-refractivity contribution in [2.45, 2.75) is 315 Å². The lowest BCUT2D eigenvalue weighted by molar-refractivity contribution is -0.870.